The number of piperidine rings is 1. The minimum Gasteiger partial charge on any atom is -0.471 e. The van der Waals surface area contributed by atoms with Crippen LogP contribution in [0.5, 0.6) is 5.88 Å². The Kier molecular flexibility index (Phi) is 4.75. The second-order valence-corrected chi connectivity index (χ2v) is 6.27. The Labute approximate surface area is 131 Å². The minimum absolute atomic E-state index is 0.0000779. The number of hydrogen-bond acceptors (Lipinski definition) is 4. The number of aryl methyl sites for hydroxylation is 1. The zero-order chi connectivity index (χ0) is 15.4. The van der Waals surface area contributed by atoms with Gasteiger partial charge in [-0.2, -0.15) is 5.10 Å². The molecule has 1 N–H and O–H groups in total. The van der Waals surface area contributed by atoms with Crippen LogP contribution in [0.15, 0.2) is 12.1 Å². The van der Waals surface area contributed by atoms with Crippen molar-refractivity contribution in [2.45, 2.75) is 57.6 Å². The lowest BCUT2D eigenvalue weighted by Gasteiger charge is -2.33. The fourth-order valence-electron chi connectivity index (χ4n) is 3.18. The molecule has 2 heterocycles. The van der Waals surface area contributed by atoms with Gasteiger partial charge in [-0.05, 0) is 38.7 Å². The predicted molar refractivity (Wildman–Crippen MR) is 82.8 cm³/mol. The Morgan fingerprint density at radius 1 is 1.23 bits per heavy atom. The van der Waals surface area contributed by atoms with E-state index in [1.54, 1.807) is 0 Å². The molecule has 1 saturated carbocycles. The number of carbonyl (C=O) groups excluding carboxylic acids is 1. The lowest BCUT2D eigenvalue weighted by atomic mass is 10.1. The number of nitrogens with zero attached hydrogens (tertiary/aromatic N) is 3. The normalized spacial score (nSPS) is 22.6. The molecule has 1 aromatic heterocycles. The Bertz CT molecular complexity index is 499. The Morgan fingerprint density at radius 3 is 2.77 bits per heavy atom. The van der Waals surface area contributed by atoms with Crippen LogP contribution in [0, 0.1) is 6.92 Å². The van der Waals surface area contributed by atoms with E-state index in [9.17, 15) is 4.79 Å². The molecule has 1 saturated heterocycles. The molecule has 0 radical (unpaired) electrons. The van der Waals surface area contributed by atoms with Crippen LogP contribution < -0.4 is 10.1 Å². The summed E-state index contributed by atoms with van der Waals surface area (Å²) in [7, 11) is 0. The van der Waals surface area contributed by atoms with Crippen LogP contribution in [0.4, 0.5) is 4.79 Å². The monoisotopic (exact) mass is 304 g/mol. The van der Waals surface area contributed by atoms with Crippen molar-refractivity contribution in [3.63, 3.8) is 0 Å². The van der Waals surface area contributed by atoms with Crippen molar-refractivity contribution in [1.29, 1.82) is 0 Å². The van der Waals surface area contributed by atoms with Gasteiger partial charge in [0.25, 0.3) is 0 Å². The Balaban J connectivity index is 1.52. The van der Waals surface area contributed by atoms with E-state index < -0.39 is 0 Å². The molecular formula is C16H24N4O2. The molecule has 0 bridgehead atoms. The first kappa shape index (κ1) is 15.1. The Hall–Kier alpha value is -1.85. The van der Waals surface area contributed by atoms with Gasteiger partial charge in [0.05, 0.1) is 12.2 Å². The summed E-state index contributed by atoms with van der Waals surface area (Å²) < 4.78 is 5.87. The molecule has 1 aromatic rings. The number of carbonyl (C=O) groups is 1. The van der Waals surface area contributed by atoms with E-state index in [1.807, 2.05) is 24.0 Å². The molecule has 2 aliphatic rings. The summed E-state index contributed by atoms with van der Waals surface area (Å²) in [5, 5.41) is 11.2. The molecule has 2 fully saturated rings. The highest BCUT2D eigenvalue weighted by Gasteiger charge is 2.27. The lowest BCUT2D eigenvalue weighted by Crippen LogP contribution is -2.50. The number of urea groups is 1. The van der Waals surface area contributed by atoms with Crippen molar-refractivity contribution in [3.8, 4) is 5.88 Å². The maximum Gasteiger partial charge on any atom is 0.317 e. The fraction of sp³-hybridized carbons (Fsp3) is 0.688. The van der Waals surface area contributed by atoms with E-state index >= 15 is 0 Å². The number of hydrogen-bond donors (Lipinski definition) is 1. The molecule has 1 atom stereocenters. The molecule has 1 unspecified atom stereocenters. The smallest absolute Gasteiger partial charge is 0.317 e. The highest BCUT2D eigenvalue weighted by atomic mass is 16.5. The van der Waals surface area contributed by atoms with Gasteiger partial charge in [-0.25, -0.2) is 4.79 Å². The van der Waals surface area contributed by atoms with Crippen LogP contribution in [0.1, 0.15) is 44.2 Å². The van der Waals surface area contributed by atoms with E-state index in [2.05, 4.69) is 15.5 Å². The first-order chi connectivity index (χ1) is 10.7. The van der Waals surface area contributed by atoms with E-state index in [4.69, 9.17) is 4.74 Å². The number of nitrogens with one attached hydrogen (secondary N) is 1. The third-order valence-electron chi connectivity index (χ3n) is 4.41. The van der Waals surface area contributed by atoms with Gasteiger partial charge in [-0.15, -0.1) is 5.10 Å². The van der Waals surface area contributed by atoms with Crippen LogP contribution in [0.2, 0.25) is 0 Å². The molecule has 1 aliphatic heterocycles. The van der Waals surface area contributed by atoms with Gasteiger partial charge in [0.2, 0.25) is 5.88 Å². The number of rotatable bonds is 3. The standard InChI is InChI=1S/C16H24N4O2/c1-12-8-9-15(19-18-12)22-14-7-4-10-20(11-14)16(21)17-13-5-2-3-6-13/h8-9,13-14H,2-7,10-11H2,1H3,(H,17,21). The van der Waals surface area contributed by atoms with Gasteiger partial charge in [0, 0.05) is 18.7 Å². The minimum atomic E-state index is 0.0000779. The zero-order valence-electron chi connectivity index (χ0n) is 13.1. The van der Waals surface area contributed by atoms with Gasteiger partial charge in [0.15, 0.2) is 0 Å². The molecule has 120 valence electrons. The van der Waals surface area contributed by atoms with E-state index in [0.29, 0.717) is 18.5 Å². The van der Waals surface area contributed by atoms with E-state index in [0.717, 1.165) is 37.9 Å². The second kappa shape index (κ2) is 6.94. The molecule has 3 rings (SSSR count). The Morgan fingerprint density at radius 2 is 2.05 bits per heavy atom. The molecule has 2 amide bonds. The molecule has 6 heteroatoms. The SMILES string of the molecule is Cc1ccc(OC2CCCN(C(=O)NC3CCCC3)C2)nn1. The summed E-state index contributed by atoms with van der Waals surface area (Å²) in [5.74, 6) is 0.536. The van der Waals surface area contributed by atoms with Gasteiger partial charge in [0.1, 0.15) is 6.10 Å². The second-order valence-electron chi connectivity index (χ2n) is 6.27. The molecule has 0 spiro atoms. The van der Waals surface area contributed by atoms with Crippen molar-refractivity contribution < 1.29 is 9.53 Å². The van der Waals surface area contributed by atoms with Crippen molar-refractivity contribution in [2.24, 2.45) is 0 Å². The van der Waals surface area contributed by atoms with Gasteiger partial charge >= 0.3 is 6.03 Å². The maximum absolute atomic E-state index is 12.3. The quantitative estimate of drug-likeness (QED) is 0.930. The van der Waals surface area contributed by atoms with E-state index in [-0.39, 0.29) is 12.1 Å². The third kappa shape index (κ3) is 3.87. The van der Waals surface area contributed by atoms with Crippen molar-refractivity contribution in [2.75, 3.05) is 13.1 Å². The first-order valence-electron chi connectivity index (χ1n) is 8.23. The van der Waals surface area contributed by atoms with Crippen LogP contribution in [-0.4, -0.2) is 46.4 Å². The average molecular weight is 304 g/mol. The first-order valence-corrected chi connectivity index (χ1v) is 8.23. The summed E-state index contributed by atoms with van der Waals surface area (Å²) >= 11 is 0. The number of ether oxygens (including phenoxy) is 1. The van der Waals surface area contributed by atoms with Crippen molar-refractivity contribution in [1.82, 2.24) is 20.4 Å². The van der Waals surface area contributed by atoms with Crippen LogP contribution in [0.3, 0.4) is 0 Å². The largest absolute Gasteiger partial charge is 0.471 e. The maximum atomic E-state index is 12.3. The van der Waals surface area contributed by atoms with Gasteiger partial charge < -0.3 is 15.0 Å². The zero-order valence-corrected chi connectivity index (χ0v) is 13.1. The van der Waals surface area contributed by atoms with Gasteiger partial charge in [-0.1, -0.05) is 12.8 Å². The topological polar surface area (TPSA) is 67.3 Å². The summed E-state index contributed by atoms with van der Waals surface area (Å²) in [6.07, 6.45) is 6.58. The molecule has 1 aliphatic carbocycles. The van der Waals surface area contributed by atoms with Crippen LogP contribution in [-0.2, 0) is 0 Å². The molecule has 0 aromatic carbocycles. The van der Waals surface area contributed by atoms with Crippen LogP contribution in [0.25, 0.3) is 0 Å². The summed E-state index contributed by atoms with van der Waals surface area (Å²) in [6, 6.07) is 4.13. The van der Waals surface area contributed by atoms with Crippen molar-refractivity contribution >= 4 is 6.03 Å². The summed E-state index contributed by atoms with van der Waals surface area (Å²) in [6.45, 7) is 3.32. The molecular weight excluding hydrogens is 280 g/mol. The lowest BCUT2D eigenvalue weighted by molar-refractivity contribution is 0.0959. The summed E-state index contributed by atoms with van der Waals surface area (Å²) in [4.78, 5) is 14.2. The molecule has 22 heavy (non-hydrogen) atoms. The van der Waals surface area contributed by atoms with E-state index in [1.165, 1.54) is 12.8 Å². The predicted octanol–water partition coefficient (Wildman–Crippen LogP) is 2.28. The third-order valence-corrected chi connectivity index (χ3v) is 4.41. The average Bonchev–Trinajstić information content (AvgIpc) is 3.03. The van der Waals surface area contributed by atoms with Gasteiger partial charge in [-0.3, -0.25) is 0 Å². The van der Waals surface area contributed by atoms with Crippen LogP contribution >= 0.6 is 0 Å². The highest BCUT2D eigenvalue weighted by Crippen LogP contribution is 2.20. The fourth-order valence-corrected chi connectivity index (χ4v) is 3.18. The molecule has 6 nitrogen and oxygen atoms in total. The number of amides is 2. The summed E-state index contributed by atoms with van der Waals surface area (Å²) in [5.41, 5.74) is 0.869. The number of aromatic nitrogens is 2. The number of likely N-dealkylation sites (tertiary alicyclic amines) is 1. The highest BCUT2D eigenvalue weighted by molar-refractivity contribution is 5.74. The van der Waals surface area contributed by atoms with Crippen molar-refractivity contribution in [3.05, 3.63) is 17.8 Å².